The Balaban J connectivity index is 3.22. The lowest BCUT2D eigenvalue weighted by Crippen LogP contribution is -2.36. The van der Waals surface area contributed by atoms with Crippen LogP contribution in [0.1, 0.15) is 6.92 Å². The second-order valence-corrected chi connectivity index (χ2v) is 7.57. The molecule has 0 aromatic heterocycles. The molecule has 222 valence electrons. The highest BCUT2D eigenvalue weighted by Crippen LogP contribution is 1.96. The van der Waals surface area contributed by atoms with E-state index in [1.54, 1.807) is 7.05 Å². The van der Waals surface area contributed by atoms with Gasteiger partial charge in [-0.2, -0.15) is 0 Å². The number of carbonyl (C=O) groups is 1. The Morgan fingerprint density at radius 3 is 1.32 bits per heavy atom. The molecule has 0 saturated carbocycles. The zero-order chi connectivity index (χ0) is 27.4. The molecule has 0 rings (SSSR count). The van der Waals surface area contributed by atoms with Crippen LogP contribution in [0.4, 0.5) is 0 Å². The molecular formula is C23H47NO13. The molecule has 2 atom stereocenters. The Bertz CT molecular complexity index is 490. The number of nitrogens with zero attached hydrogens (tertiary/aromatic N) is 1. The van der Waals surface area contributed by atoms with Crippen LogP contribution in [0, 0.1) is 0 Å². The molecule has 0 aliphatic heterocycles. The summed E-state index contributed by atoms with van der Waals surface area (Å²) >= 11 is 0. The summed E-state index contributed by atoms with van der Waals surface area (Å²) in [5.74, 6) is -0.176. The quantitative estimate of drug-likeness (QED) is 0.0716. The largest absolute Gasteiger partial charge is 0.394 e. The average molecular weight is 546 g/mol. The monoisotopic (exact) mass is 545 g/mol. The van der Waals surface area contributed by atoms with E-state index in [-0.39, 0.29) is 38.9 Å². The molecule has 0 bridgehead atoms. The number of likely N-dealkylation sites (N-methyl/N-ethyl adjacent to an activating group) is 1. The summed E-state index contributed by atoms with van der Waals surface area (Å²) in [7, 11) is 1.56. The summed E-state index contributed by atoms with van der Waals surface area (Å²) in [5, 5.41) is 27.8. The highest BCUT2D eigenvalue weighted by molar-refractivity contribution is 5.72. The smallest absolute Gasteiger partial charge is 0.269 e. The van der Waals surface area contributed by atoms with Crippen LogP contribution in [0.3, 0.4) is 0 Å². The van der Waals surface area contributed by atoms with Crippen molar-refractivity contribution in [2.75, 3.05) is 126 Å². The van der Waals surface area contributed by atoms with Crippen molar-refractivity contribution in [3.63, 3.8) is 0 Å². The molecule has 0 spiro atoms. The number of rotatable bonds is 29. The molecule has 3 N–H and O–H groups in total. The number of amides is 1. The minimum atomic E-state index is -1.49. The molecule has 14 nitrogen and oxygen atoms in total. The average Bonchev–Trinajstić information content (AvgIpc) is 2.87. The van der Waals surface area contributed by atoms with E-state index >= 15 is 0 Å². The molecule has 0 aliphatic rings. The van der Waals surface area contributed by atoms with E-state index < -0.39 is 12.6 Å². The second-order valence-electron chi connectivity index (χ2n) is 7.57. The number of hydrogen-bond donors (Lipinski definition) is 3. The van der Waals surface area contributed by atoms with Gasteiger partial charge in [-0.25, -0.2) is 0 Å². The van der Waals surface area contributed by atoms with Gasteiger partial charge in [-0.1, -0.05) is 0 Å². The van der Waals surface area contributed by atoms with Crippen molar-refractivity contribution in [2.45, 2.75) is 19.5 Å². The topological polar surface area (TPSA) is 164 Å². The van der Waals surface area contributed by atoms with Gasteiger partial charge >= 0.3 is 0 Å². The van der Waals surface area contributed by atoms with Crippen LogP contribution in [-0.4, -0.2) is 165 Å². The van der Waals surface area contributed by atoms with E-state index in [1.165, 1.54) is 11.8 Å². The summed E-state index contributed by atoms with van der Waals surface area (Å²) in [4.78, 5) is 12.4. The zero-order valence-electron chi connectivity index (χ0n) is 22.3. The van der Waals surface area contributed by atoms with Gasteiger partial charge in [0, 0.05) is 20.5 Å². The van der Waals surface area contributed by atoms with Crippen molar-refractivity contribution >= 4 is 5.91 Å². The van der Waals surface area contributed by atoms with Gasteiger partial charge in [0.1, 0.15) is 0 Å². The molecule has 0 aliphatic carbocycles. The Hall–Kier alpha value is -1.01. The maximum absolute atomic E-state index is 11.1. The van der Waals surface area contributed by atoms with E-state index in [4.69, 9.17) is 47.7 Å². The van der Waals surface area contributed by atoms with E-state index in [0.29, 0.717) is 85.9 Å². The van der Waals surface area contributed by atoms with E-state index in [1.807, 2.05) is 0 Å². The maximum Gasteiger partial charge on any atom is 0.269 e. The Kier molecular flexibility index (Phi) is 27.2. The van der Waals surface area contributed by atoms with Crippen LogP contribution >= 0.6 is 0 Å². The van der Waals surface area contributed by atoms with Gasteiger partial charge in [0.25, 0.3) is 6.48 Å². The molecule has 37 heavy (non-hydrogen) atoms. The molecule has 0 aromatic rings. The Morgan fingerprint density at radius 1 is 0.622 bits per heavy atom. The van der Waals surface area contributed by atoms with Crippen molar-refractivity contribution in [3.05, 3.63) is 0 Å². The third-order valence-electron chi connectivity index (χ3n) is 4.41. The van der Waals surface area contributed by atoms with Gasteiger partial charge in [0.2, 0.25) is 5.91 Å². The van der Waals surface area contributed by atoms with Gasteiger partial charge in [-0.05, 0) is 0 Å². The third-order valence-corrected chi connectivity index (χ3v) is 4.41. The van der Waals surface area contributed by atoms with Crippen LogP contribution < -0.4 is 0 Å². The first kappa shape index (κ1) is 36.0. The van der Waals surface area contributed by atoms with Gasteiger partial charge < -0.3 is 62.9 Å². The van der Waals surface area contributed by atoms with Gasteiger partial charge in [0.15, 0.2) is 0 Å². The molecule has 1 unspecified atom stereocenters. The zero-order valence-corrected chi connectivity index (χ0v) is 22.3. The van der Waals surface area contributed by atoms with Crippen LogP contribution in [0.5, 0.6) is 0 Å². The molecular weight excluding hydrogens is 498 g/mol. The number of ether oxygens (including phenoxy) is 9. The maximum atomic E-state index is 11.1. The van der Waals surface area contributed by atoms with Gasteiger partial charge in [-0.3, -0.25) is 4.79 Å². The first-order valence-electron chi connectivity index (χ1n) is 12.4. The van der Waals surface area contributed by atoms with Gasteiger partial charge in [0.05, 0.1) is 118 Å². The molecule has 0 radical (unpaired) electrons. The standard InChI is InChI=1S/C23H47NO13/c1-21(26)24(2)19-22(27)20-37-23(28)36-18-17-35-16-15-34-14-13-33-12-11-32-10-9-31-8-7-30-6-5-29-4-3-25/h22-23,25,27-28H,3-20H2,1-2H3/t22-,23?/m0/s1. The number of carbonyl (C=O) groups excluding carboxylic acids is 1. The van der Waals surface area contributed by atoms with Crippen molar-refractivity contribution < 1.29 is 62.7 Å². The fourth-order valence-electron chi connectivity index (χ4n) is 2.43. The predicted molar refractivity (Wildman–Crippen MR) is 130 cm³/mol. The first-order chi connectivity index (χ1) is 18.0. The fourth-order valence-corrected chi connectivity index (χ4v) is 2.43. The highest BCUT2D eigenvalue weighted by atomic mass is 16.8. The SMILES string of the molecule is CC(=O)N(C)C[C@H](O)COC(O)OCCOCCOCCOCCOCCOCCOCCOCCO. The molecule has 0 heterocycles. The fraction of sp³-hybridized carbons (Fsp3) is 0.957. The molecule has 14 heteroatoms. The Morgan fingerprint density at radius 2 is 0.973 bits per heavy atom. The van der Waals surface area contributed by atoms with E-state index in [9.17, 15) is 15.0 Å². The number of aliphatic hydroxyl groups excluding tert-OH is 3. The normalized spacial score (nSPS) is 13.1. The molecule has 0 fully saturated rings. The lowest BCUT2D eigenvalue weighted by molar-refractivity contribution is -0.273. The minimum absolute atomic E-state index is 0.0140. The van der Waals surface area contributed by atoms with Crippen molar-refractivity contribution in [3.8, 4) is 0 Å². The highest BCUT2D eigenvalue weighted by Gasteiger charge is 2.13. The van der Waals surface area contributed by atoms with Crippen molar-refractivity contribution in [1.29, 1.82) is 0 Å². The molecule has 1 amide bonds. The number of aliphatic hydroxyl groups is 3. The van der Waals surface area contributed by atoms with E-state index in [2.05, 4.69) is 0 Å². The lowest BCUT2D eigenvalue weighted by Gasteiger charge is -2.20. The van der Waals surface area contributed by atoms with Crippen LogP contribution in [0.2, 0.25) is 0 Å². The summed E-state index contributed by atoms with van der Waals surface area (Å²) in [6, 6.07) is 0. The molecule has 0 saturated heterocycles. The van der Waals surface area contributed by atoms with Crippen molar-refractivity contribution in [1.82, 2.24) is 4.90 Å². The molecule has 0 aromatic carbocycles. The summed E-state index contributed by atoms with van der Waals surface area (Å²) in [6.45, 7) is 5.94. The van der Waals surface area contributed by atoms with Crippen LogP contribution in [-0.2, 0) is 47.4 Å². The minimum Gasteiger partial charge on any atom is -0.394 e. The lowest BCUT2D eigenvalue weighted by atomic mass is 10.3. The summed E-state index contributed by atoms with van der Waals surface area (Å²) in [6.07, 6.45) is -0.927. The second kappa shape index (κ2) is 28.0. The van der Waals surface area contributed by atoms with Gasteiger partial charge in [-0.15, -0.1) is 0 Å². The van der Waals surface area contributed by atoms with Crippen molar-refractivity contribution in [2.24, 2.45) is 0 Å². The van der Waals surface area contributed by atoms with Crippen LogP contribution in [0.25, 0.3) is 0 Å². The summed E-state index contributed by atoms with van der Waals surface area (Å²) in [5.41, 5.74) is 0. The van der Waals surface area contributed by atoms with Crippen LogP contribution in [0.15, 0.2) is 0 Å². The number of hydrogen-bond acceptors (Lipinski definition) is 13. The third kappa shape index (κ3) is 27.8. The first-order valence-corrected chi connectivity index (χ1v) is 12.4. The van der Waals surface area contributed by atoms with E-state index in [0.717, 1.165) is 0 Å². The summed E-state index contributed by atoms with van der Waals surface area (Å²) < 4.78 is 47.2. The predicted octanol–water partition coefficient (Wildman–Crippen LogP) is -1.76. The Labute approximate surface area is 219 Å².